The topological polar surface area (TPSA) is 61.6 Å². The van der Waals surface area contributed by atoms with Crippen LogP contribution in [-0.2, 0) is 22.4 Å². The van der Waals surface area contributed by atoms with E-state index in [9.17, 15) is 4.79 Å². The maximum atomic E-state index is 12.2. The number of aryl methyl sites for hydroxylation is 1. The lowest BCUT2D eigenvalue weighted by Gasteiger charge is -2.21. The summed E-state index contributed by atoms with van der Waals surface area (Å²) < 4.78 is 17.4. The van der Waals surface area contributed by atoms with Crippen LogP contribution in [0.2, 0.25) is 0 Å². The number of nitrogens with zero attached hydrogens (tertiary/aromatic N) is 1. The van der Waals surface area contributed by atoms with Crippen LogP contribution >= 0.6 is 0 Å². The summed E-state index contributed by atoms with van der Waals surface area (Å²) in [5.74, 6) is 3.29. The fourth-order valence-electron chi connectivity index (χ4n) is 5.31. The van der Waals surface area contributed by atoms with Crippen LogP contribution in [0.15, 0.2) is 40.8 Å². The average molecular weight is 464 g/mol. The lowest BCUT2D eigenvalue weighted by atomic mass is 9.85. The van der Waals surface area contributed by atoms with Crippen molar-refractivity contribution in [2.24, 2.45) is 11.8 Å². The summed E-state index contributed by atoms with van der Waals surface area (Å²) in [7, 11) is 1.48. The van der Waals surface area contributed by atoms with Gasteiger partial charge in [0.2, 0.25) is 5.89 Å². The standard InChI is InChI=1S/C29H37NO4/c1-6-22(29(31)32-5)25-13-11-20-17-21(12-14-24(20)25)33-16-15-26-27(18(2)3)34-28(30-26)23-10-8-7-9-19(23)4/h7-8,10,12,14,17-19,22,25H,6,9,11,13,15-16H2,1-5H3. The first-order valence-corrected chi connectivity index (χ1v) is 12.6. The Balaban J connectivity index is 1.43. The van der Waals surface area contributed by atoms with Crippen molar-refractivity contribution in [3.05, 3.63) is 64.9 Å². The van der Waals surface area contributed by atoms with E-state index in [4.69, 9.17) is 18.9 Å². The molecule has 1 heterocycles. The molecule has 34 heavy (non-hydrogen) atoms. The number of oxazole rings is 1. The third kappa shape index (κ3) is 4.98. The molecule has 1 aromatic carbocycles. The highest BCUT2D eigenvalue weighted by molar-refractivity contribution is 5.74. The molecule has 2 aromatic rings. The second-order valence-corrected chi connectivity index (χ2v) is 9.81. The number of allylic oxidation sites excluding steroid dienone is 4. The first-order valence-electron chi connectivity index (χ1n) is 12.6. The Morgan fingerprint density at radius 2 is 2.12 bits per heavy atom. The Morgan fingerprint density at radius 3 is 2.82 bits per heavy atom. The van der Waals surface area contributed by atoms with Crippen molar-refractivity contribution in [3.63, 3.8) is 0 Å². The highest BCUT2D eigenvalue weighted by atomic mass is 16.5. The fraction of sp³-hybridized carbons (Fsp3) is 0.517. The van der Waals surface area contributed by atoms with Gasteiger partial charge in [-0.3, -0.25) is 4.79 Å². The molecule has 0 N–H and O–H groups in total. The summed E-state index contributed by atoms with van der Waals surface area (Å²) >= 11 is 0. The molecule has 0 fully saturated rings. The smallest absolute Gasteiger partial charge is 0.309 e. The molecule has 182 valence electrons. The summed E-state index contributed by atoms with van der Waals surface area (Å²) in [6, 6.07) is 6.30. The third-order valence-electron chi connectivity index (χ3n) is 7.21. The molecule has 0 saturated carbocycles. The number of esters is 1. The van der Waals surface area contributed by atoms with E-state index in [1.807, 2.05) is 6.07 Å². The highest BCUT2D eigenvalue weighted by Gasteiger charge is 2.34. The number of aromatic nitrogens is 1. The monoisotopic (exact) mass is 463 g/mol. The molecule has 0 bridgehead atoms. The predicted octanol–water partition coefficient (Wildman–Crippen LogP) is 6.63. The quantitative estimate of drug-likeness (QED) is 0.391. The van der Waals surface area contributed by atoms with Gasteiger partial charge in [0.05, 0.1) is 25.3 Å². The van der Waals surface area contributed by atoms with Gasteiger partial charge in [0.25, 0.3) is 0 Å². The van der Waals surface area contributed by atoms with Gasteiger partial charge in [0.15, 0.2) is 0 Å². The number of ether oxygens (including phenoxy) is 2. The first kappa shape index (κ1) is 24.3. The molecule has 3 atom stereocenters. The number of hydrogen-bond donors (Lipinski definition) is 0. The Morgan fingerprint density at radius 1 is 1.29 bits per heavy atom. The second kappa shape index (κ2) is 10.6. The van der Waals surface area contributed by atoms with Crippen molar-refractivity contribution in [3.8, 4) is 5.75 Å². The number of methoxy groups -OCH3 is 1. The molecule has 5 heteroatoms. The molecule has 0 spiro atoms. The molecular weight excluding hydrogens is 426 g/mol. The summed E-state index contributed by atoms with van der Waals surface area (Å²) in [5, 5.41) is 0. The van der Waals surface area contributed by atoms with Crippen molar-refractivity contribution in [2.45, 2.75) is 71.6 Å². The van der Waals surface area contributed by atoms with Crippen LogP contribution in [0.1, 0.15) is 87.3 Å². The summed E-state index contributed by atoms with van der Waals surface area (Å²) in [4.78, 5) is 17.1. The maximum Gasteiger partial charge on any atom is 0.309 e. The van der Waals surface area contributed by atoms with Crippen molar-refractivity contribution in [1.29, 1.82) is 0 Å². The zero-order valence-corrected chi connectivity index (χ0v) is 21.1. The van der Waals surface area contributed by atoms with Crippen molar-refractivity contribution in [2.75, 3.05) is 13.7 Å². The number of benzene rings is 1. The molecule has 0 amide bonds. The molecular formula is C29H37NO4. The minimum absolute atomic E-state index is 0.0775. The molecule has 1 aromatic heterocycles. The van der Waals surface area contributed by atoms with E-state index in [0.717, 1.165) is 48.8 Å². The molecule has 5 nitrogen and oxygen atoms in total. The first-order chi connectivity index (χ1) is 16.4. The average Bonchev–Trinajstić information content (AvgIpc) is 3.44. The summed E-state index contributed by atoms with van der Waals surface area (Å²) in [5.41, 5.74) is 4.69. The molecule has 3 unspecified atom stereocenters. The zero-order valence-electron chi connectivity index (χ0n) is 21.1. The van der Waals surface area contributed by atoms with Crippen LogP contribution in [0, 0.1) is 11.8 Å². The lowest BCUT2D eigenvalue weighted by molar-refractivity contribution is -0.146. The summed E-state index contributed by atoms with van der Waals surface area (Å²) in [6.07, 6.45) is 10.8. The third-order valence-corrected chi connectivity index (χ3v) is 7.21. The van der Waals surface area contributed by atoms with Crippen LogP contribution in [-0.4, -0.2) is 24.7 Å². The van der Waals surface area contributed by atoms with Crippen LogP contribution < -0.4 is 4.74 Å². The zero-order chi connectivity index (χ0) is 24.2. The van der Waals surface area contributed by atoms with Crippen molar-refractivity contribution >= 4 is 11.5 Å². The second-order valence-electron chi connectivity index (χ2n) is 9.81. The van der Waals surface area contributed by atoms with Crippen LogP contribution in [0.4, 0.5) is 0 Å². The Hall–Kier alpha value is -2.82. The van der Waals surface area contributed by atoms with E-state index in [0.29, 0.717) is 18.9 Å². The predicted molar refractivity (Wildman–Crippen MR) is 134 cm³/mol. The molecule has 4 rings (SSSR count). The fourth-order valence-corrected chi connectivity index (χ4v) is 5.31. The molecule has 0 saturated heterocycles. The van der Waals surface area contributed by atoms with Gasteiger partial charge in [-0.15, -0.1) is 0 Å². The minimum atomic E-state index is -0.108. The van der Waals surface area contributed by atoms with E-state index in [1.165, 1.54) is 23.8 Å². The SMILES string of the molecule is CCC(C(=O)OC)C1CCc2cc(OCCc3nc(C4=CC=CCC4C)oc3C(C)C)ccc21. The van der Waals surface area contributed by atoms with Crippen molar-refractivity contribution in [1.82, 2.24) is 4.98 Å². The Kier molecular flexibility index (Phi) is 7.60. The van der Waals surface area contributed by atoms with Crippen LogP contribution in [0.5, 0.6) is 5.75 Å². The maximum absolute atomic E-state index is 12.2. The lowest BCUT2D eigenvalue weighted by Crippen LogP contribution is -2.21. The van der Waals surface area contributed by atoms with Crippen molar-refractivity contribution < 1.29 is 18.7 Å². The van der Waals surface area contributed by atoms with Gasteiger partial charge in [-0.25, -0.2) is 4.98 Å². The van der Waals surface area contributed by atoms with E-state index in [-0.39, 0.29) is 23.7 Å². The Labute approximate surface area is 203 Å². The number of carbonyl (C=O) groups excluding carboxylic acids is 1. The molecule has 2 aliphatic rings. The number of carbonyl (C=O) groups is 1. The van der Waals surface area contributed by atoms with Gasteiger partial charge in [-0.1, -0.05) is 52.0 Å². The molecule has 0 radical (unpaired) electrons. The minimum Gasteiger partial charge on any atom is -0.493 e. The number of rotatable bonds is 9. The van der Waals surface area contributed by atoms with E-state index in [1.54, 1.807) is 0 Å². The number of fused-ring (bicyclic) bond motifs is 1. The molecule has 2 aliphatic carbocycles. The van der Waals surface area contributed by atoms with E-state index < -0.39 is 0 Å². The highest BCUT2D eigenvalue weighted by Crippen LogP contribution is 2.41. The van der Waals surface area contributed by atoms with Gasteiger partial charge >= 0.3 is 5.97 Å². The van der Waals surface area contributed by atoms with Gasteiger partial charge in [0, 0.05) is 17.9 Å². The van der Waals surface area contributed by atoms with Gasteiger partial charge in [0.1, 0.15) is 11.5 Å². The Bertz CT molecular complexity index is 1080. The summed E-state index contributed by atoms with van der Waals surface area (Å²) in [6.45, 7) is 9.09. The molecule has 0 aliphatic heterocycles. The number of hydrogen-bond acceptors (Lipinski definition) is 5. The van der Waals surface area contributed by atoms with Gasteiger partial charge in [-0.05, 0) is 60.8 Å². The van der Waals surface area contributed by atoms with E-state index in [2.05, 4.69) is 58.1 Å². The van der Waals surface area contributed by atoms with Crippen LogP contribution in [0.25, 0.3) is 5.57 Å². The van der Waals surface area contributed by atoms with E-state index >= 15 is 0 Å². The van der Waals surface area contributed by atoms with Crippen LogP contribution in [0.3, 0.4) is 0 Å². The van der Waals surface area contributed by atoms with Gasteiger partial charge in [-0.2, -0.15) is 0 Å². The van der Waals surface area contributed by atoms with Gasteiger partial charge < -0.3 is 13.9 Å². The largest absolute Gasteiger partial charge is 0.493 e. The normalized spacial score (nSPS) is 20.2.